The molecule has 2 aromatic rings. The van der Waals surface area contributed by atoms with E-state index in [0.717, 1.165) is 0 Å². The third-order valence-corrected chi connectivity index (χ3v) is 2.36. The highest BCUT2D eigenvalue weighted by Gasteiger charge is 2.06. The molecular weight excluding hydrogens is 207 g/mol. The summed E-state index contributed by atoms with van der Waals surface area (Å²) in [6, 6.07) is 6.49. The van der Waals surface area contributed by atoms with Gasteiger partial charge < -0.3 is 0 Å². The number of imidazole rings is 1. The minimum atomic E-state index is -0.263. The molecule has 3 nitrogen and oxygen atoms in total. The average molecular weight is 218 g/mol. The van der Waals surface area contributed by atoms with Crippen LogP contribution in [0.1, 0.15) is 16.8 Å². The van der Waals surface area contributed by atoms with Crippen LogP contribution in [0.4, 0.5) is 4.39 Å². The number of aromatic nitrogens is 2. The summed E-state index contributed by atoms with van der Waals surface area (Å²) in [6.07, 6.45) is 5.26. The van der Waals surface area contributed by atoms with Gasteiger partial charge in [0.15, 0.2) is 0 Å². The van der Waals surface area contributed by atoms with Crippen molar-refractivity contribution in [1.29, 1.82) is 0 Å². The molecule has 82 valence electrons. The smallest absolute Gasteiger partial charge is 0.232 e. The van der Waals surface area contributed by atoms with Gasteiger partial charge in [0.05, 0.1) is 0 Å². The fourth-order valence-corrected chi connectivity index (χ4v) is 1.48. The van der Waals surface area contributed by atoms with Crippen LogP contribution < -0.4 is 0 Å². The van der Waals surface area contributed by atoms with E-state index in [9.17, 15) is 9.18 Å². The maximum Gasteiger partial charge on any atom is 0.232 e. The largest absolute Gasteiger partial charge is 0.276 e. The van der Waals surface area contributed by atoms with Crippen LogP contribution in [0.3, 0.4) is 0 Å². The van der Waals surface area contributed by atoms with E-state index in [2.05, 4.69) is 4.98 Å². The van der Waals surface area contributed by atoms with E-state index in [0.29, 0.717) is 12.0 Å². The molecule has 0 amide bonds. The van der Waals surface area contributed by atoms with Crippen molar-refractivity contribution in [3.05, 3.63) is 54.4 Å². The van der Waals surface area contributed by atoms with Gasteiger partial charge in [-0.05, 0) is 18.1 Å². The summed E-state index contributed by atoms with van der Waals surface area (Å²) in [4.78, 5) is 15.4. The topological polar surface area (TPSA) is 34.9 Å². The predicted molar refractivity (Wildman–Crippen MR) is 57.6 cm³/mol. The van der Waals surface area contributed by atoms with Crippen LogP contribution in [0.5, 0.6) is 0 Å². The van der Waals surface area contributed by atoms with Crippen molar-refractivity contribution in [2.45, 2.75) is 12.8 Å². The molecule has 16 heavy (non-hydrogen) atoms. The second-order valence-corrected chi connectivity index (χ2v) is 3.46. The summed E-state index contributed by atoms with van der Waals surface area (Å²) in [5.74, 6) is -0.346. The van der Waals surface area contributed by atoms with Gasteiger partial charge in [0, 0.05) is 18.8 Å². The maximum atomic E-state index is 13.3. The quantitative estimate of drug-likeness (QED) is 0.792. The summed E-state index contributed by atoms with van der Waals surface area (Å²) in [5, 5.41) is 0. The molecule has 0 fully saturated rings. The summed E-state index contributed by atoms with van der Waals surface area (Å²) >= 11 is 0. The van der Waals surface area contributed by atoms with Crippen molar-refractivity contribution in [1.82, 2.24) is 9.55 Å². The van der Waals surface area contributed by atoms with Gasteiger partial charge >= 0.3 is 0 Å². The second-order valence-electron chi connectivity index (χ2n) is 3.46. The molecule has 0 saturated carbocycles. The number of aryl methyl sites for hydroxylation is 1. The van der Waals surface area contributed by atoms with E-state index >= 15 is 0 Å². The third kappa shape index (κ3) is 2.34. The highest BCUT2D eigenvalue weighted by Crippen LogP contribution is 2.09. The molecule has 0 aliphatic carbocycles. The maximum absolute atomic E-state index is 13.3. The Morgan fingerprint density at radius 1 is 1.38 bits per heavy atom. The number of halogens is 1. The lowest BCUT2D eigenvalue weighted by Crippen LogP contribution is -2.09. The van der Waals surface area contributed by atoms with Gasteiger partial charge in [0.1, 0.15) is 12.1 Å². The van der Waals surface area contributed by atoms with Crippen LogP contribution in [0.15, 0.2) is 43.0 Å². The zero-order valence-electron chi connectivity index (χ0n) is 8.64. The monoisotopic (exact) mass is 218 g/mol. The highest BCUT2D eigenvalue weighted by atomic mass is 19.1. The first-order valence-corrected chi connectivity index (χ1v) is 5.02. The normalized spacial score (nSPS) is 10.3. The molecule has 2 rings (SSSR count). The summed E-state index contributed by atoms with van der Waals surface area (Å²) in [6.45, 7) is 0. The molecule has 4 heteroatoms. The zero-order valence-corrected chi connectivity index (χ0v) is 8.64. The van der Waals surface area contributed by atoms with E-state index < -0.39 is 0 Å². The van der Waals surface area contributed by atoms with Crippen molar-refractivity contribution < 1.29 is 9.18 Å². The Bertz CT molecular complexity index is 480. The van der Waals surface area contributed by atoms with Gasteiger partial charge in [-0.2, -0.15) is 0 Å². The molecule has 0 radical (unpaired) electrons. The Kier molecular flexibility index (Phi) is 3.10. The van der Waals surface area contributed by atoms with Crippen molar-refractivity contribution in [2.75, 3.05) is 0 Å². The SMILES string of the molecule is O=C(CCc1ccccc1F)n1ccnc1. The molecule has 0 unspecified atom stereocenters. The fourth-order valence-electron chi connectivity index (χ4n) is 1.48. The summed E-state index contributed by atoms with van der Waals surface area (Å²) < 4.78 is 14.7. The minimum Gasteiger partial charge on any atom is -0.276 e. The van der Waals surface area contributed by atoms with Gasteiger partial charge in [0.25, 0.3) is 0 Å². The Morgan fingerprint density at radius 3 is 2.88 bits per heavy atom. The molecule has 0 bridgehead atoms. The van der Waals surface area contributed by atoms with Gasteiger partial charge in [-0.3, -0.25) is 9.36 Å². The third-order valence-electron chi connectivity index (χ3n) is 2.36. The molecule has 1 aromatic heterocycles. The highest BCUT2D eigenvalue weighted by molar-refractivity contribution is 5.78. The number of carbonyl (C=O) groups excluding carboxylic acids is 1. The summed E-state index contributed by atoms with van der Waals surface area (Å²) in [7, 11) is 0. The van der Waals surface area contributed by atoms with Crippen LogP contribution in [-0.2, 0) is 6.42 Å². The lowest BCUT2D eigenvalue weighted by molar-refractivity contribution is 0.0902. The Hall–Kier alpha value is -1.97. The minimum absolute atomic E-state index is 0.0826. The number of benzene rings is 1. The van der Waals surface area contributed by atoms with Gasteiger partial charge in [-0.25, -0.2) is 9.37 Å². The van der Waals surface area contributed by atoms with Crippen molar-refractivity contribution in [3.63, 3.8) is 0 Å². The number of hydrogen-bond donors (Lipinski definition) is 0. The standard InChI is InChI=1S/C12H11FN2O/c13-11-4-2-1-3-10(11)5-6-12(16)15-8-7-14-9-15/h1-4,7-9H,5-6H2. The van der Waals surface area contributed by atoms with Crippen LogP contribution in [0.2, 0.25) is 0 Å². The lowest BCUT2D eigenvalue weighted by Gasteiger charge is -2.02. The van der Waals surface area contributed by atoms with Crippen LogP contribution >= 0.6 is 0 Å². The molecule has 0 saturated heterocycles. The van der Waals surface area contributed by atoms with Gasteiger partial charge in [-0.1, -0.05) is 18.2 Å². The first-order valence-electron chi connectivity index (χ1n) is 5.02. The van der Waals surface area contributed by atoms with Crippen molar-refractivity contribution in [2.24, 2.45) is 0 Å². The lowest BCUT2D eigenvalue weighted by atomic mass is 10.1. The molecular formula is C12H11FN2O. The second kappa shape index (κ2) is 4.70. The van der Waals surface area contributed by atoms with Gasteiger partial charge in [0.2, 0.25) is 5.91 Å². The zero-order chi connectivity index (χ0) is 11.4. The summed E-state index contributed by atoms with van der Waals surface area (Å²) in [5.41, 5.74) is 0.566. The molecule has 0 atom stereocenters. The Balaban J connectivity index is 1.98. The van der Waals surface area contributed by atoms with Crippen LogP contribution in [0, 0.1) is 5.82 Å². The van der Waals surface area contributed by atoms with E-state index in [1.54, 1.807) is 30.6 Å². The molecule has 0 aliphatic rings. The average Bonchev–Trinajstić information content (AvgIpc) is 2.81. The van der Waals surface area contributed by atoms with E-state index in [1.165, 1.54) is 17.0 Å². The first kappa shape index (κ1) is 10.5. The first-order chi connectivity index (χ1) is 7.77. The molecule has 0 aliphatic heterocycles. The number of nitrogens with zero attached hydrogens (tertiary/aromatic N) is 2. The Labute approximate surface area is 92.5 Å². The molecule has 1 heterocycles. The van der Waals surface area contributed by atoms with E-state index in [1.807, 2.05) is 0 Å². The number of carbonyl (C=O) groups is 1. The Morgan fingerprint density at radius 2 is 2.19 bits per heavy atom. The van der Waals surface area contributed by atoms with Crippen LogP contribution in [0.25, 0.3) is 0 Å². The van der Waals surface area contributed by atoms with Gasteiger partial charge in [-0.15, -0.1) is 0 Å². The number of hydrogen-bond acceptors (Lipinski definition) is 2. The van der Waals surface area contributed by atoms with E-state index in [-0.39, 0.29) is 18.1 Å². The van der Waals surface area contributed by atoms with E-state index in [4.69, 9.17) is 0 Å². The van der Waals surface area contributed by atoms with Crippen molar-refractivity contribution >= 4 is 5.91 Å². The number of rotatable bonds is 3. The molecule has 1 aromatic carbocycles. The predicted octanol–water partition coefficient (Wildman–Crippen LogP) is 2.30. The van der Waals surface area contributed by atoms with Crippen molar-refractivity contribution in [3.8, 4) is 0 Å². The molecule has 0 N–H and O–H groups in total. The molecule has 0 spiro atoms. The fraction of sp³-hybridized carbons (Fsp3) is 0.167. The van der Waals surface area contributed by atoms with Crippen LogP contribution in [-0.4, -0.2) is 15.5 Å².